The van der Waals surface area contributed by atoms with E-state index in [9.17, 15) is 4.79 Å². The Hall–Kier alpha value is -0.940. The third kappa shape index (κ3) is 3.09. The predicted molar refractivity (Wildman–Crippen MR) is 72.1 cm³/mol. The van der Waals surface area contributed by atoms with E-state index in [2.05, 4.69) is 24.1 Å². The van der Waals surface area contributed by atoms with E-state index in [1.54, 1.807) is 6.20 Å². The van der Waals surface area contributed by atoms with Crippen LogP contribution in [0.2, 0.25) is 0 Å². The van der Waals surface area contributed by atoms with Gasteiger partial charge in [-0.2, -0.15) is 0 Å². The first kappa shape index (κ1) is 13.5. The molecule has 0 aliphatic carbocycles. The molecule has 0 radical (unpaired) electrons. The number of carbonyl (C=O) groups is 1. The van der Waals surface area contributed by atoms with Crippen LogP contribution < -0.4 is 5.32 Å². The fourth-order valence-electron chi connectivity index (χ4n) is 2.03. The van der Waals surface area contributed by atoms with E-state index in [1.807, 2.05) is 6.92 Å². The minimum Gasteiger partial charge on any atom is -0.379 e. The first-order valence-electron chi connectivity index (χ1n) is 6.36. The van der Waals surface area contributed by atoms with E-state index in [0.717, 1.165) is 24.5 Å². The molecule has 1 fully saturated rings. The second kappa shape index (κ2) is 5.36. The second-order valence-corrected chi connectivity index (χ2v) is 6.45. The Kier molecular flexibility index (Phi) is 4.02. The summed E-state index contributed by atoms with van der Waals surface area (Å²) in [6.07, 6.45) is 3.63. The quantitative estimate of drug-likeness (QED) is 0.916. The zero-order chi connectivity index (χ0) is 13.2. The summed E-state index contributed by atoms with van der Waals surface area (Å²) in [6, 6.07) is 0. The zero-order valence-corrected chi connectivity index (χ0v) is 12.0. The van der Waals surface area contributed by atoms with Crippen molar-refractivity contribution in [2.45, 2.75) is 45.1 Å². The normalized spacial score (nSPS) is 24.2. The largest absolute Gasteiger partial charge is 0.379 e. The Balaban J connectivity index is 2.02. The van der Waals surface area contributed by atoms with Gasteiger partial charge in [0.2, 0.25) is 0 Å². The molecular weight excluding hydrogens is 248 g/mol. The number of thiazole rings is 1. The summed E-state index contributed by atoms with van der Waals surface area (Å²) in [5.74, 6) is 0.331. The lowest BCUT2D eigenvalue weighted by atomic mass is 9.95. The maximum Gasteiger partial charge on any atom is 0.263 e. The van der Waals surface area contributed by atoms with Crippen molar-refractivity contribution in [3.8, 4) is 0 Å². The molecule has 1 aromatic heterocycles. The van der Waals surface area contributed by atoms with E-state index in [1.165, 1.54) is 11.3 Å². The summed E-state index contributed by atoms with van der Waals surface area (Å²) in [5, 5.41) is 4.08. The first-order chi connectivity index (χ1) is 8.50. The van der Waals surface area contributed by atoms with Gasteiger partial charge in [0, 0.05) is 12.5 Å². The van der Waals surface area contributed by atoms with Gasteiger partial charge in [-0.05, 0) is 19.8 Å². The molecule has 5 heteroatoms. The number of amides is 1. The molecule has 1 atom stereocenters. The molecule has 0 saturated carbocycles. The summed E-state index contributed by atoms with van der Waals surface area (Å²) in [5.41, 5.74) is -0.239. The van der Waals surface area contributed by atoms with Gasteiger partial charge in [0.15, 0.2) is 0 Å². The lowest BCUT2D eigenvalue weighted by molar-refractivity contribution is 0.0274. The highest BCUT2D eigenvalue weighted by molar-refractivity contribution is 7.13. The van der Waals surface area contributed by atoms with Crippen LogP contribution in [0.5, 0.6) is 0 Å². The van der Waals surface area contributed by atoms with E-state index in [0.29, 0.717) is 17.4 Å². The molecule has 0 spiro atoms. The van der Waals surface area contributed by atoms with Crippen molar-refractivity contribution >= 4 is 17.2 Å². The number of hydrogen-bond acceptors (Lipinski definition) is 4. The Morgan fingerprint density at radius 1 is 1.61 bits per heavy atom. The van der Waals surface area contributed by atoms with E-state index < -0.39 is 0 Å². The number of nitrogens with one attached hydrogen (secondary N) is 1. The van der Waals surface area contributed by atoms with Gasteiger partial charge in [0.1, 0.15) is 4.88 Å². The number of hydrogen-bond donors (Lipinski definition) is 1. The van der Waals surface area contributed by atoms with Crippen molar-refractivity contribution in [1.29, 1.82) is 0 Å². The van der Waals surface area contributed by atoms with E-state index >= 15 is 0 Å². The number of aromatic nitrogens is 1. The SMILES string of the molecule is CC(C)c1ncc(C(=O)NC2(C)CCCOC2)s1. The monoisotopic (exact) mass is 268 g/mol. The summed E-state index contributed by atoms with van der Waals surface area (Å²) >= 11 is 1.47. The van der Waals surface area contributed by atoms with Gasteiger partial charge in [0.05, 0.1) is 23.4 Å². The van der Waals surface area contributed by atoms with Crippen molar-refractivity contribution < 1.29 is 9.53 Å². The fraction of sp³-hybridized carbons (Fsp3) is 0.692. The first-order valence-corrected chi connectivity index (χ1v) is 7.18. The number of nitrogens with zero attached hydrogens (tertiary/aromatic N) is 1. The second-order valence-electron chi connectivity index (χ2n) is 5.39. The van der Waals surface area contributed by atoms with Gasteiger partial charge in [0.25, 0.3) is 5.91 Å². The molecule has 100 valence electrons. The number of ether oxygens (including phenoxy) is 1. The highest BCUT2D eigenvalue weighted by atomic mass is 32.1. The molecule has 1 unspecified atom stereocenters. The Bertz CT molecular complexity index is 422. The van der Waals surface area contributed by atoms with Gasteiger partial charge in [-0.3, -0.25) is 4.79 Å². The van der Waals surface area contributed by atoms with Gasteiger partial charge in [-0.25, -0.2) is 4.98 Å². The molecule has 1 saturated heterocycles. The molecule has 1 amide bonds. The van der Waals surface area contributed by atoms with Crippen LogP contribution in [0.25, 0.3) is 0 Å². The standard InChI is InChI=1S/C13H20N2O2S/c1-9(2)12-14-7-10(18-12)11(16)15-13(3)5-4-6-17-8-13/h7,9H,4-6,8H2,1-3H3,(H,15,16). The average molecular weight is 268 g/mol. The summed E-state index contributed by atoms with van der Waals surface area (Å²) in [7, 11) is 0. The Morgan fingerprint density at radius 3 is 2.94 bits per heavy atom. The van der Waals surface area contributed by atoms with Crippen molar-refractivity contribution in [2.75, 3.05) is 13.2 Å². The molecule has 1 aliphatic rings. The number of carbonyl (C=O) groups excluding carboxylic acids is 1. The van der Waals surface area contributed by atoms with Crippen LogP contribution in [0, 0.1) is 0 Å². The fourth-order valence-corrected chi connectivity index (χ4v) is 2.84. The predicted octanol–water partition coefficient (Wildman–Crippen LogP) is 2.57. The molecular formula is C13H20N2O2S. The van der Waals surface area contributed by atoms with Gasteiger partial charge in [-0.15, -0.1) is 11.3 Å². The molecule has 1 N–H and O–H groups in total. The summed E-state index contributed by atoms with van der Waals surface area (Å²) in [4.78, 5) is 17.1. The Morgan fingerprint density at radius 2 is 2.39 bits per heavy atom. The van der Waals surface area contributed by atoms with E-state index in [4.69, 9.17) is 4.74 Å². The van der Waals surface area contributed by atoms with Gasteiger partial charge >= 0.3 is 0 Å². The van der Waals surface area contributed by atoms with Crippen LogP contribution in [0.4, 0.5) is 0 Å². The molecule has 4 nitrogen and oxygen atoms in total. The molecule has 2 rings (SSSR count). The minimum absolute atomic E-state index is 0.0348. The van der Waals surface area contributed by atoms with Crippen molar-refractivity contribution in [2.24, 2.45) is 0 Å². The molecule has 0 aromatic carbocycles. The summed E-state index contributed by atoms with van der Waals surface area (Å²) < 4.78 is 5.44. The topological polar surface area (TPSA) is 51.2 Å². The third-order valence-electron chi connectivity index (χ3n) is 3.09. The molecule has 1 aromatic rings. The van der Waals surface area contributed by atoms with Crippen LogP contribution in [-0.4, -0.2) is 29.6 Å². The number of rotatable bonds is 3. The van der Waals surface area contributed by atoms with Crippen molar-refractivity contribution in [1.82, 2.24) is 10.3 Å². The smallest absolute Gasteiger partial charge is 0.263 e. The van der Waals surface area contributed by atoms with Crippen LogP contribution in [-0.2, 0) is 4.74 Å². The maximum atomic E-state index is 12.2. The average Bonchev–Trinajstić information content (AvgIpc) is 2.78. The van der Waals surface area contributed by atoms with Crippen LogP contribution in [0.15, 0.2) is 6.20 Å². The maximum absolute atomic E-state index is 12.2. The van der Waals surface area contributed by atoms with Crippen LogP contribution in [0.1, 0.15) is 54.2 Å². The van der Waals surface area contributed by atoms with E-state index in [-0.39, 0.29) is 11.4 Å². The molecule has 18 heavy (non-hydrogen) atoms. The third-order valence-corrected chi connectivity index (χ3v) is 4.39. The Labute approximate surface area is 112 Å². The lowest BCUT2D eigenvalue weighted by Crippen LogP contribution is -2.51. The van der Waals surface area contributed by atoms with Gasteiger partial charge < -0.3 is 10.1 Å². The van der Waals surface area contributed by atoms with Crippen molar-refractivity contribution in [3.05, 3.63) is 16.1 Å². The molecule has 0 bridgehead atoms. The minimum atomic E-state index is -0.239. The lowest BCUT2D eigenvalue weighted by Gasteiger charge is -2.34. The zero-order valence-electron chi connectivity index (χ0n) is 11.2. The molecule has 1 aliphatic heterocycles. The molecule has 2 heterocycles. The summed E-state index contributed by atoms with van der Waals surface area (Å²) in [6.45, 7) is 7.58. The highest BCUT2D eigenvalue weighted by Crippen LogP contribution is 2.23. The van der Waals surface area contributed by atoms with Crippen LogP contribution in [0.3, 0.4) is 0 Å². The van der Waals surface area contributed by atoms with Crippen LogP contribution >= 0.6 is 11.3 Å². The highest BCUT2D eigenvalue weighted by Gasteiger charge is 2.30. The van der Waals surface area contributed by atoms with Crippen molar-refractivity contribution in [3.63, 3.8) is 0 Å². The van der Waals surface area contributed by atoms with Gasteiger partial charge in [-0.1, -0.05) is 13.8 Å².